The number of halogens is 2. The second-order valence-electron chi connectivity index (χ2n) is 5.66. The minimum atomic E-state index is 0.135. The van der Waals surface area contributed by atoms with Gasteiger partial charge in [-0.2, -0.15) is 0 Å². The SMILES string of the molecule is CN(C)CC1CCN(C(=O)c2cc(Br)cc(Br)c2)CC1. The van der Waals surface area contributed by atoms with Crippen LogP contribution in [0.5, 0.6) is 0 Å². The van der Waals surface area contributed by atoms with Crippen molar-refractivity contribution in [2.75, 3.05) is 33.7 Å². The lowest BCUT2D eigenvalue weighted by Crippen LogP contribution is -2.40. The zero-order valence-corrected chi connectivity index (χ0v) is 15.1. The number of piperidine rings is 1. The molecule has 1 aliphatic rings. The second kappa shape index (κ2) is 7.05. The van der Waals surface area contributed by atoms with Gasteiger partial charge < -0.3 is 9.80 Å². The van der Waals surface area contributed by atoms with Gasteiger partial charge in [-0.3, -0.25) is 4.79 Å². The molecule has 1 aromatic carbocycles. The fourth-order valence-corrected chi connectivity index (χ4v) is 3.99. The highest BCUT2D eigenvalue weighted by atomic mass is 79.9. The van der Waals surface area contributed by atoms with Gasteiger partial charge in [0.05, 0.1) is 0 Å². The molecule has 3 nitrogen and oxygen atoms in total. The van der Waals surface area contributed by atoms with E-state index < -0.39 is 0 Å². The normalized spacial score (nSPS) is 16.8. The van der Waals surface area contributed by atoms with E-state index in [0.29, 0.717) is 5.92 Å². The fourth-order valence-electron chi connectivity index (χ4n) is 2.69. The van der Waals surface area contributed by atoms with Crippen LogP contribution >= 0.6 is 31.9 Å². The van der Waals surface area contributed by atoms with Crippen LogP contribution in [0.2, 0.25) is 0 Å². The van der Waals surface area contributed by atoms with Crippen LogP contribution in [0.25, 0.3) is 0 Å². The molecule has 2 rings (SSSR count). The molecule has 0 N–H and O–H groups in total. The minimum Gasteiger partial charge on any atom is -0.339 e. The van der Waals surface area contributed by atoms with Gasteiger partial charge in [0.25, 0.3) is 5.91 Å². The van der Waals surface area contributed by atoms with E-state index in [1.807, 2.05) is 23.1 Å². The number of rotatable bonds is 3. The van der Waals surface area contributed by atoms with E-state index in [0.717, 1.165) is 47.0 Å². The van der Waals surface area contributed by atoms with Crippen molar-refractivity contribution in [1.29, 1.82) is 0 Å². The molecule has 1 fully saturated rings. The molecule has 1 saturated heterocycles. The summed E-state index contributed by atoms with van der Waals surface area (Å²) in [5.41, 5.74) is 0.748. The van der Waals surface area contributed by atoms with Crippen LogP contribution in [0.4, 0.5) is 0 Å². The summed E-state index contributed by atoms with van der Waals surface area (Å²) in [5.74, 6) is 0.846. The third-order valence-corrected chi connectivity index (χ3v) is 4.55. The maximum atomic E-state index is 12.5. The molecule has 1 aliphatic heterocycles. The van der Waals surface area contributed by atoms with Gasteiger partial charge in [0.1, 0.15) is 0 Å². The van der Waals surface area contributed by atoms with Crippen LogP contribution in [0.3, 0.4) is 0 Å². The summed E-state index contributed by atoms with van der Waals surface area (Å²) in [5, 5.41) is 0. The molecule has 0 radical (unpaired) electrons. The van der Waals surface area contributed by atoms with Crippen molar-refractivity contribution in [1.82, 2.24) is 9.80 Å². The van der Waals surface area contributed by atoms with E-state index >= 15 is 0 Å². The predicted molar refractivity (Wildman–Crippen MR) is 89.0 cm³/mol. The largest absolute Gasteiger partial charge is 0.339 e. The van der Waals surface area contributed by atoms with E-state index in [-0.39, 0.29) is 5.91 Å². The predicted octanol–water partition coefficient (Wildman–Crippen LogP) is 3.63. The van der Waals surface area contributed by atoms with E-state index in [4.69, 9.17) is 0 Å². The van der Waals surface area contributed by atoms with E-state index in [2.05, 4.69) is 50.9 Å². The van der Waals surface area contributed by atoms with Crippen molar-refractivity contribution in [3.05, 3.63) is 32.7 Å². The van der Waals surface area contributed by atoms with Crippen LogP contribution in [0, 0.1) is 5.92 Å². The highest BCUT2D eigenvalue weighted by Crippen LogP contribution is 2.23. The van der Waals surface area contributed by atoms with Crippen molar-refractivity contribution in [2.24, 2.45) is 5.92 Å². The Morgan fingerprint density at radius 1 is 1.20 bits per heavy atom. The average molecular weight is 404 g/mol. The first kappa shape index (κ1) is 16.0. The smallest absolute Gasteiger partial charge is 0.253 e. The van der Waals surface area contributed by atoms with E-state index in [1.54, 1.807) is 0 Å². The lowest BCUT2D eigenvalue weighted by molar-refractivity contribution is 0.0678. The number of benzene rings is 1. The molecule has 0 saturated carbocycles. The zero-order chi connectivity index (χ0) is 14.7. The van der Waals surface area contributed by atoms with Gasteiger partial charge in [-0.1, -0.05) is 31.9 Å². The lowest BCUT2D eigenvalue weighted by Gasteiger charge is -2.33. The summed E-state index contributed by atoms with van der Waals surface area (Å²) in [6.45, 7) is 2.84. The van der Waals surface area contributed by atoms with Gasteiger partial charge in [-0.25, -0.2) is 0 Å². The Morgan fingerprint density at radius 3 is 2.25 bits per heavy atom. The van der Waals surface area contributed by atoms with Gasteiger partial charge >= 0.3 is 0 Å². The molecule has 0 unspecified atom stereocenters. The molecular weight excluding hydrogens is 384 g/mol. The Morgan fingerprint density at radius 2 is 1.75 bits per heavy atom. The van der Waals surface area contributed by atoms with Crippen molar-refractivity contribution in [2.45, 2.75) is 12.8 Å². The number of likely N-dealkylation sites (tertiary alicyclic amines) is 1. The van der Waals surface area contributed by atoms with Gasteiger partial charge in [0, 0.05) is 34.1 Å². The topological polar surface area (TPSA) is 23.6 Å². The Bertz CT molecular complexity index is 463. The third-order valence-electron chi connectivity index (χ3n) is 3.63. The summed E-state index contributed by atoms with van der Waals surface area (Å²) in [4.78, 5) is 16.7. The molecule has 20 heavy (non-hydrogen) atoms. The minimum absolute atomic E-state index is 0.135. The number of hydrogen-bond donors (Lipinski definition) is 0. The molecule has 1 heterocycles. The molecule has 1 aromatic rings. The summed E-state index contributed by atoms with van der Waals surface area (Å²) >= 11 is 6.87. The monoisotopic (exact) mass is 402 g/mol. The quantitative estimate of drug-likeness (QED) is 0.769. The van der Waals surface area contributed by atoms with Crippen molar-refractivity contribution in [3.8, 4) is 0 Å². The highest BCUT2D eigenvalue weighted by molar-refractivity contribution is 9.11. The van der Waals surface area contributed by atoms with E-state index in [1.165, 1.54) is 0 Å². The molecule has 0 bridgehead atoms. The maximum absolute atomic E-state index is 12.5. The van der Waals surface area contributed by atoms with E-state index in [9.17, 15) is 4.79 Å². The molecule has 110 valence electrons. The number of carbonyl (C=O) groups excluding carboxylic acids is 1. The maximum Gasteiger partial charge on any atom is 0.253 e. The number of nitrogens with zero attached hydrogens (tertiary/aromatic N) is 2. The van der Waals surface area contributed by atoms with Crippen LogP contribution in [-0.4, -0.2) is 49.4 Å². The second-order valence-corrected chi connectivity index (χ2v) is 7.49. The van der Waals surface area contributed by atoms with Gasteiger partial charge in [0.2, 0.25) is 0 Å². The Hall–Kier alpha value is -0.390. The van der Waals surface area contributed by atoms with Gasteiger partial charge in [-0.15, -0.1) is 0 Å². The first-order chi connectivity index (χ1) is 9.45. The molecule has 0 spiro atoms. The summed E-state index contributed by atoms with van der Waals surface area (Å²) in [7, 11) is 4.22. The van der Waals surface area contributed by atoms with Crippen LogP contribution in [0.1, 0.15) is 23.2 Å². The van der Waals surface area contributed by atoms with Crippen molar-refractivity contribution < 1.29 is 4.79 Å². The van der Waals surface area contributed by atoms with Crippen molar-refractivity contribution in [3.63, 3.8) is 0 Å². The first-order valence-electron chi connectivity index (χ1n) is 6.86. The number of amides is 1. The van der Waals surface area contributed by atoms with Crippen LogP contribution < -0.4 is 0 Å². The number of hydrogen-bond acceptors (Lipinski definition) is 2. The first-order valence-corrected chi connectivity index (χ1v) is 8.44. The molecule has 0 atom stereocenters. The Balaban J connectivity index is 1.98. The van der Waals surface area contributed by atoms with Crippen LogP contribution in [0.15, 0.2) is 27.1 Å². The third kappa shape index (κ3) is 4.30. The molecular formula is C15H20Br2N2O. The van der Waals surface area contributed by atoms with Gasteiger partial charge in [-0.05, 0) is 51.1 Å². The summed E-state index contributed by atoms with van der Waals surface area (Å²) in [6, 6.07) is 5.72. The molecule has 5 heteroatoms. The lowest BCUT2D eigenvalue weighted by atomic mass is 9.96. The van der Waals surface area contributed by atoms with Gasteiger partial charge in [0.15, 0.2) is 0 Å². The zero-order valence-electron chi connectivity index (χ0n) is 11.9. The standard InChI is InChI=1S/C15H20Br2N2O/c1-18(2)10-11-3-5-19(6-4-11)15(20)12-7-13(16)9-14(17)8-12/h7-9,11H,3-6,10H2,1-2H3. The Kier molecular flexibility index (Phi) is 5.64. The molecule has 1 amide bonds. The summed E-state index contributed by atoms with van der Waals surface area (Å²) < 4.78 is 1.86. The Labute approximate surface area is 137 Å². The van der Waals surface area contributed by atoms with Crippen LogP contribution in [-0.2, 0) is 0 Å². The fraction of sp³-hybridized carbons (Fsp3) is 0.533. The molecule has 0 aromatic heterocycles. The average Bonchev–Trinajstić information content (AvgIpc) is 2.37. The highest BCUT2D eigenvalue weighted by Gasteiger charge is 2.24. The molecule has 0 aliphatic carbocycles. The summed E-state index contributed by atoms with van der Waals surface area (Å²) in [6.07, 6.45) is 2.19. The number of carbonyl (C=O) groups is 1. The van der Waals surface area contributed by atoms with Crippen molar-refractivity contribution >= 4 is 37.8 Å².